The van der Waals surface area contributed by atoms with Crippen LogP contribution in [0.1, 0.15) is 6.92 Å². The fraction of sp³-hybridized carbons (Fsp3) is 0.333. The Hall–Kier alpha value is -0.328. The van der Waals surface area contributed by atoms with E-state index in [0.717, 1.165) is 0 Å². The van der Waals surface area contributed by atoms with E-state index in [9.17, 15) is 9.59 Å². The van der Waals surface area contributed by atoms with E-state index in [1.807, 2.05) is 0 Å². The van der Waals surface area contributed by atoms with Crippen LogP contribution in [0.15, 0.2) is 0 Å². The molecule has 0 saturated carbocycles. The summed E-state index contributed by atoms with van der Waals surface area (Å²) in [5.41, 5.74) is 0. The molecule has 38 valence electrons. The Morgan fingerprint density at radius 3 is 2.00 bits per heavy atom. The number of carbonyl (C=O) groups excluding carboxylic acids is 2. The summed E-state index contributed by atoms with van der Waals surface area (Å²) in [5, 5.41) is 0. The second-order valence-corrected chi connectivity index (χ2v) is 1.90. The Bertz CT molecular complexity index is 86.4. The predicted molar refractivity (Wildman–Crippen MR) is 25.7 cm³/mol. The van der Waals surface area contributed by atoms with Gasteiger partial charge >= 0.3 is 22.3 Å². The van der Waals surface area contributed by atoms with E-state index < -0.39 is 10.8 Å². The van der Waals surface area contributed by atoms with E-state index in [1.54, 1.807) is 0 Å². The number of ether oxygens (including phenoxy) is 1. The minimum Gasteiger partial charge on any atom is -0.412 e. The highest BCUT2D eigenvalue weighted by molar-refractivity contribution is 6.55. The lowest BCUT2D eigenvalue weighted by Crippen LogP contribution is -2.05. The van der Waals surface area contributed by atoms with Gasteiger partial charge in [0.25, 0.3) is 0 Å². The molecule has 0 aromatic rings. The molecule has 0 spiro atoms. The van der Waals surface area contributed by atoms with Crippen molar-refractivity contribution in [2.45, 2.75) is 6.92 Å². The summed E-state index contributed by atoms with van der Waals surface area (Å²) in [7, 11) is 0. The molecule has 0 amide bonds. The Morgan fingerprint density at radius 2 is 2.00 bits per heavy atom. The third-order valence-electron chi connectivity index (χ3n) is 0.287. The van der Waals surface area contributed by atoms with E-state index in [0.29, 0.717) is 0 Å². The molecule has 0 bridgehead atoms. The van der Waals surface area contributed by atoms with Gasteiger partial charge in [-0.25, -0.2) is 0 Å². The first-order valence-corrected chi connectivity index (χ1v) is 2.82. The largest absolute Gasteiger partial charge is 0.412 e. The number of carbonyl (C=O) groups is 2. The van der Waals surface area contributed by atoms with Crippen LogP contribution in [0.2, 0.25) is 0 Å². The molecule has 0 aromatic carbocycles. The molecule has 0 heterocycles. The second kappa shape index (κ2) is 2.78. The first kappa shape index (κ1) is 6.67. The Balaban J connectivity index is 3.32. The van der Waals surface area contributed by atoms with E-state index >= 15 is 0 Å². The smallest absolute Gasteiger partial charge is 0.389 e. The lowest BCUT2D eigenvalue weighted by atomic mass is 10.8. The maximum absolute atomic E-state index is 9.87. The third-order valence-corrected chi connectivity index (χ3v) is 0.492. The van der Waals surface area contributed by atoms with Crippen molar-refractivity contribution in [1.29, 1.82) is 0 Å². The average molecular weight is 116 g/mol. The molecule has 0 unspecified atom stereocenters. The molecule has 0 saturated heterocycles. The molecule has 3 nitrogen and oxygen atoms in total. The summed E-state index contributed by atoms with van der Waals surface area (Å²) in [4.78, 5) is 19.3. The van der Waals surface area contributed by atoms with Crippen LogP contribution in [0, 0.1) is 0 Å². The SMILES string of the molecule is CC(=O)O[C](=O)[AlH2]. The van der Waals surface area contributed by atoms with Crippen molar-refractivity contribution in [3.8, 4) is 0 Å². The summed E-state index contributed by atoms with van der Waals surface area (Å²) in [6.07, 6.45) is 0. The summed E-state index contributed by atoms with van der Waals surface area (Å²) in [6.45, 7) is 1.20. The summed E-state index contributed by atoms with van der Waals surface area (Å²) >= 11 is 0.285. The monoisotopic (exact) mass is 116 g/mol. The molecule has 0 aliphatic carbocycles. The quantitative estimate of drug-likeness (QED) is 0.239. The van der Waals surface area contributed by atoms with Gasteiger partial charge in [-0.3, -0.25) is 9.59 Å². The predicted octanol–water partition coefficient (Wildman–Crippen LogP) is -0.697. The Labute approximate surface area is 49.1 Å². The number of rotatable bonds is 0. The molecule has 0 rings (SSSR count). The molecule has 0 fully saturated rings. The fourth-order valence-electron chi connectivity index (χ4n) is 0.202. The molecule has 0 aromatic heterocycles. The van der Waals surface area contributed by atoms with Gasteiger partial charge in [0, 0.05) is 6.92 Å². The molecule has 0 aliphatic rings. The highest BCUT2D eigenvalue weighted by Crippen LogP contribution is 1.73. The van der Waals surface area contributed by atoms with Gasteiger partial charge < -0.3 is 4.74 Å². The van der Waals surface area contributed by atoms with Gasteiger partial charge in [-0.05, 0) is 0 Å². The number of hydrogen-bond acceptors (Lipinski definition) is 3. The van der Waals surface area contributed by atoms with Gasteiger partial charge in [0.15, 0.2) is 4.83 Å². The van der Waals surface area contributed by atoms with Gasteiger partial charge in [-0.2, -0.15) is 0 Å². The van der Waals surface area contributed by atoms with Crippen molar-refractivity contribution in [3.63, 3.8) is 0 Å². The zero-order chi connectivity index (χ0) is 5.86. The van der Waals surface area contributed by atoms with Gasteiger partial charge in [-0.15, -0.1) is 0 Å². The van der Waals surface area contributed by atoms with Crippen molar-refractivity contribution in [1.82, 2.24) is 0 Å². The van der Waals surface area contributed by atoms with Gasteiger partial charge in [0.2, 0.25) is 0 Å². The van der Waals surface area contributed by atoms with Crippen LogP contribution in [0.5, 0.6) is 0 Å². The van der Waals surface area contributed by atoms with E-state index in [2.05, 4.69) is 4.74 Å². The topological polar surface area (TPSA) is 43.4 Å². The highest BCUT2D eigenvalue weighted by Gasteiger charge is 1.93. The molecular weight excluding hydrogens is 111 g/mol. The van der Waals surface area contributed by atoms with Crippen molar-refractivity contribution < 1.29 is 14.3 Å². The number of esters is 1. The summed E-state index contributed by atoms with van der Waals surface area (Å²) in [6, 6.07) is 0. The van der Waals surface area contributed by atoms with Crippen molar-refractivity contribution in [3.05, 3.63) is 0 Å². The Kier molecular flexibility index (Phi) is 2.65. The average Bonchev–Trinajstić information content (AvgIpc) is 1.27. The molecule has 0 aliphatic heterocycles. The van der Waals surface area contributed by atoms with Crippen LogP contribution in [-0.4, -0.2) is 27.1 Å². The van der Waals surface area contributed by atoms with Crippen molar-refractivity contribution >= 4 is 27.1 Å². The minimum absolute atomic E-state index is 0.285. The maximum atomic E-state index is 9.87. The summed E-state index contributed by atoms with van der Waals surface area (Å²) in [5.74, 6) is -0.528. The van der Waals surface area contributed by atoms with Crippen LogP contribution in [0.4, 0.5) is 4.79 Å². The van der Waals surface area contributed by atoms with E-state index in [-0.39, 0.29) is 16.3 Å². The van der Waals surface area contributed by atoms with Crippen LogP contribution in [0.25, 0.3) is 0 Å². The molecular formula is C3H5AlO3. The van der Waals surface area contributed by atoms with Gasteiger partial charge in [-0.1, -0.05) is 0 Å². The van der Waals surface area contributed by atoms with Crippen LogP contribution >= 0.6 is 0 Å². The Morgan fingerprint density at radius 1 is 1.57 bits per heavy atom. The lowest BCUT2D eigenvalue weighted by Gasteiger charge is -1.89. The lowest BCUT2D eigenvalue weighted by molar-refractivity contribution is -0.133. The number of hydrogen-bond donors (Lipinski definition) is 0. The molecule has 7 heavy (non-hydrogen) atoms. The minimum atomic E-state index is -0.528. The van der Waals surface area contributed by atoms with Crippen LogP contribution < -0.4 is 0 Å². The normalized spacial score (nSPS) is 7.57. The highest BCUT2D eigenvalue weighted by atomic mass is 27.0. The van der Waals surface area contributed by atoms with Gasteiger partial charge in [0.1, 0.15) is 0 Å². The molecule has 0 atom stereocenters. The second-order valence-electron chi connectivity index (χ2n) is 1.09. The molecule has 0 N–H and O–H groups in total. The fourth-order valence-corrected chi connectivity index (χ4v) is 0.490. The van der Waals surface area contributed by atoms with Crippen LogP contribution in [-0.2, 0) is 9.53 Å². The van der Waals surface area contributed by atoms with E-state index in [4.69, 9.17) is 0 Å². The summed E-state index contributed by atoms with van der Waals surface area (Å²) < 4.78 is 4.03. The molecule has 0 radical (unpaired) electrons. The standard InChI is InChI=1S/C3H3O3.Al.2H/c1-3(5)6-2-4;;;/h1H3;;;. The van der Waals surface area contributed by atoms with Gasteiger partial charge in [0.05, 0.1) is 0 Å². The maximum Gasteiger partial charge on any atom is 0.389 e. The first-order valence-electron chi connectivity index (χ1n) is 1.82. The third kappa shape index (κ3) is 5.67. The van der Waals surface area contributed by atoms with Crippen LogP contribution in [0.3, 0.4) is 0 Å². The van der Waals surface area contributed by atoms with Crippen molar-refractivity contribution in [2.24, 2.45) is 0 Å². The molecule has 4 heteroatoms. The first-order chi connectivity index (χ1) is 3.13. The zero-order valence-corrected chi connectivity index (χ0v) is 6.22. The zero-order valence-electron chi connectivity index (χ0n) is 4.22. The van der Waals surface area contributed by atoms with E-state index in [1.165, 1.54) is 6.92 Å². The van der Waals surface area contributed by atoms with Crippen molar-refractivity contribution in [2.75, 3.05) is 0 Å².